The summed E-state index contributed by atoms with van der Waals surface area (Å²) in [6.07, 6.45) is 2.47. The van der Waals surface area contributed by atoms with Gasteiger partial charge in [-0.05, 0) is 43.2 Å². The Hall–Kier alpha value is -2.11. The first-order valence-corrected chi connectivity index (χ1v) is 8.00. The maximum absolute atomic E-state index is 11.8. The highest BCUT2D eigenvalue weighted by molar-refractivity contribution is 5.95. The number of benzene rings is 1. The molecule has 5 nitrogen and oxygen atoms in total. The molecular weight excluding hydrogens is 292 g/mol. The van der Waals surface area contributed by atoms with Crippen molar-refractivity contribution >= 4 is 11.6 Å². The summed E-state index contributed by atoms with van der Waals surface area (Å²) in [5.41, 5.74) is 2.08. The number of rotatable bonds is 6. The van der Waals surface area contributed by atoms with Crippen LogP contribution in [0.25, 0.3) is 0 Å². The van der Waals surface area contributed by atoms with Crippen LogP contribution in [-0.4, -0.2) is 24.1 Å². The largest absolute Gasteiger partial charge is 0.467 e. The molecule has 1 aliphatic rings. The Labute approximate surface area is 135 Å². The Balaban J connectivity index is 1.57. The summed E-state index contributed by atoms with van der Waals surface area (Å²) in [6.45, 7) is 3.27. The number of nitrogens with one attached hydrogen (secondary N) is 1. The summed E-state index contributed by atoms with van der Waals surface area (Å²) in [7, 11) is 0. The first-order valence-electron chi connectivity index (χ1n) is 8.00. The number of carbonyl (C=O) groups excluding carboxylic acids is 1. The lowest BCUT2D eigenvalue weighted by molar-refractivity contribution is -0.117. The van der Waals surface area contributed by atoms with Gasteiger partial charge in [0.15, 0.2) is 0 Å². The van der Waals surface area contributed by atoms with Gasteiger partial charge in [0.1, 0.15) is 11.9 Å². The number of amides is 1. The maximum Gasteiger partial charge on any atom is 0.227 e. The molecule has 1 aromatic heterocycles. The fourth-order valence-corrected chi connectivity index (χ4v) is 2.85. The number of furan rings is 1. The topological polar surface area (TPSA) is 65.7 Å². The van der Waals surface area contributed by atoms with Crippen molar-refractivity contribution < 1.29 is 14.3 Å². The van der Waals surface area contributed by atoms with E-state index in [4.69, 9.17) is 4.42 Å². The highest BCUT2D eigenvalue weighted by atomic mass is 16.4. The molecule has 5 heteroatoms. The standard InChI is InChI=1S/C18H22N2O3/c1-13(19-12-16(21)17-4-3-11-23-17)14-6-8-15(9-7-14)20-10-2-5-18(20)22/h3-4,6-9,11,13,16,19,21H,2,5,10,12H2,1H3. The molecule has 2 unspecified atom stereocenters. The SMILES string of the molecule is CC(NCC(O)c1ccco1)c1ccc(N2CCCC2=O)cc1. The fourth-order valence-electron chi connectivity index (χ4n) is 2.85. The minimum atomic E-state index is -0.658. The molecule has 0 bridgehead atoms. The molecule has 2 heterocycles. The van der Waals surface area contributed by atoms with Crippen LogP contribution in [0.15, 0.2) is 47.1 Å². The van der Waals surface area contributed by atoms with Crippen molar-refractivity contribution in [2.24, 2.45) is 0 Å². The van der Waals surface area contributed by atoms with Gasteiger partial charge in [-0.25, -0.2) is 0 Å². The molecule has 0 radical (unpaired) electrons. The van der Waals surface area contributed by atoms with Crippen LogP contribution >= 0.6 is 0 Å². The monoisotopic (exact) mass is 314 g/mol. The lowest BCUT2D eigenvalue weighted by Crippen LogP contribution is -2.25. The third-order valence-electron chi connectivity index (χ3n) is 4.27. The van der Waals surface area contributed by atoms with Crippen LogP contribution in [0, 0.1) is 0 Å². The molecule has 3 rings (SSSR count). The fraction of sp³-hybridized carbons (Fsp3) is 0.389. The predicted octanol–water partition coefficient (Wildman–Crippen LogP) is 2.79. The van der Waals surface area contributed by atoms with Crippen LogP contribution in [0.2, 0.25) is 0 Å². The zero-order valence-electron chi connectivity index (χ0n) is 13.2. The second-order valence-electron chi connectivity index (χ2n) is 5.90. The van der Waals surface area contributed by atoms with E-state index in [0.29, 0.717) is 18.7 Å². The van der Waals surface area contributed by atoms with Gasteiger partial charge in [0, 0.05) is 31.2 Å². The summed E-state index contributed by atoms with van der Waals surface area (Å²) >= 11 is 0. The van der Waals surface area contributed by atoms with Crippen LogP contribution in [0.3, 0.4) is 0 Å². The zero-order valence-corrected chi connectivity index (χ0v) is 13.2. The van der Waals surface area contributed by atoms with Crippen LogP contribution < -0.4 is 10.2 Å². The molecule has 0 aliphatic carbocycles. The minimum absolute atomic E-state index is 0.0999. The van der Waals surface area contributed by atoms with Crippen molar-refractivity contribution in [3.05, 3.63) is 54.0 Å². The van der Waals surface area contributed by atoms with Crippen molar-refractivity contribution in [2.45, 2.75) is 31.9 Å². The summed E-state index contributed by atoms with van der Waals surface area (Å²) in [6, 6.07) is 11.6. The molecule has 122 valence electrons. The Bertz CT molecular complexity index is 637. The second kappa shape index (κ2) is 6.98. The van der Waals surface area contributed by atoms with E-state index in [-0.39, 0.29) is 11.9 Å². The number of aliphatic hydroxyl groups excluding tert-OH is 1. The average molecular weight is 314 g/mol. The summed E-state index contributed by atoms with van der Waals surface area (Å²) in [4.78, 5) is 13.6. The normalized spacial score (nSPS) is 17.5. The molecule has 0 saturated carbocycles. The summed E-state index contributed by atoms with van der Waals surface area (Å²) in [5, 5.41) is 13.3. The molecule has 1 fully saturated rings. The van der Waals surface area contributed by atoms with Crippen molar-refractivity contribution in [3.8, 4) is 0 Å². The first kappa shape index (κ1) is 15.8. The zero-order chi connectivity index (χ0) is 16.2. The number of hydrogen-bond acceptors (Lipinski definition) is 4. The van der Waals surface area contributed by atoms with Crippen LogP contribution in [0.5, 0.6) is 0 Å². The van der Waals surface area contributed by atoms with Crippen molar-refractivity contribution in [3.63, 3.8) is 0 Å². The first-order chi connectivity index (χ1) is 11.1. The van der Waals surface area contributed by atoms with E-state index in [0.717, 1.165) is 24.2 Å². The van der Waals surface area contributed by atoms with Gasteiger partial charge in [-0.2, -0.15) is 0 Å². The number of nitrogens with zero attached hydrogens (tertiary/aromatic N) is 1. The lowest BCUT2D eigenvalue weighted by atomic mass is 10.1. The molecule has 2 N–H and O–H groups in total. The molecule has 1 saturated heterocycles. The van der Waals surface area contributed by atoms with Gasteiger partial charge in [-0.15, -0.1) is 0 Å². The van der Waals surface area contributed by atoms with Gasteiger partial charge in [0.05, 0.1) is 6.26 Å². The second-order valence-corrected chi connectivity index (χ2v) is 5.90. The van der Waals surface area contributed by atoms with Crippen LogP contribution in [0.4, 0.5) is 5.69 Å². The molecule has 23 heavy (non-hydrogen) atoms. The molecule has 2 aromatic rings. The van der Waals surface area contributed by atoms with Crippen molar-refractivity contribution in [1.29, 1.82) is 0 Å². The van der Waals surface area contributed by atoms with Crippen molar-refractivity contribution in [2.75, 3.05) is 18.0 Å². The third kappa shape index (κ3) is 3.63. The minimum Gasteiger partial charge on any atom is -0.467 e. The number of anilines is 1. The van der Waals surface area contributed by atoms with E-state index >= 15 is 0 Å². The lowest BCUT2D eigenvalue weighted by Gasteiger charge is -2.19. The molecule has 1 aliphatic heterocycles. The number of carbonyl (C=O) groups is 1. The Kier molecular flexibility index (Phi) is 4.79. The van der Waals surface area contributed by atoms with Gasteiger partial charge < -0.3 is 19.7 Å². The Morgan fingerprint density at radius 1 is 1.30 bits per heavy atom. The third-order valence-corrected chi connectivity index (χ3v) is 4.27. The van der Waals surface area contributed by atoms with Crippen LogP contribution in [0.1, 0.15) is 43.2 Å². The summed E-state index contributed by atoms with van der Waals surface area (Å²) < 4.78 is 5.19. The highest BCUT2D eigenvalue weighted by Gasteiger charge is 2.21. The molecule has 2 atom stereocenters. The van der Waals surface area contributed by atoms with E-state index in [1.54, 1.807) is 18.4 Å². The Morgan fingerprint density at radius 2 is 2.09 bits per heavy atom. The number of aliphatic hydroxyl groups is 1. The van der Waals surface area contributed by atoms with Crippen LogP contribution in [-0.2, 0) is 4.79 Å². The summed E-state index contributed by atoms with van der Waals surface area (Å²) in [5.74, 6) is 0.762. The maximum atomic E-state index is 11.8. The Morgan fingerprint density at radius 3 is 2.70 bits per heavy atom. The van der Waals surface area contributed by atoms with E-state index in [2.05, 4.69) is 5.32 Å². The number of hydrogen-bond donors (Lipinski definition) is 2. The van der Waals surface area contributed by atoms with Gasteiger partial charge >= 0.3 is 0 Å². The van der Waals surface area contributed by atoms with Gasteiger partial charge in [0.25, 0.3) is 0 Å². The van der Waals surface area contributed by atoms with E-state index < -0.39 is 6.10 Å². The van der Waals surface area contributed by atoms with E-state index in [1.165, 1.54) is 0 Å². The highest BCUT2D eigenvalue weighted by Crippen LogP contribution is 2.23. The molecule has 0 spiro atoms. The van der Waals surface area contributed by atoms with E-state index in [9.17, 15) is 9.90 Å². The predicted molar refractivity (Wildman–Crippen MR) is 88.1 cm³/mol. The molecule has 1 aromatic carbocycles. The van der Waals surface area contributed by atoms with Gasteiger partial charge in [-0.1, -0.05) is 12.1 Å². The van der Waals surface area contributed by atoms with E-state index in [1.807, 2.05) is 36.1 Å². The quantitative estimate of drug-likeness (QED) is 0.860. The smallest absolute Gasteiger partial charge is 0.227 e. The van der Waals surface area contributed by atoms with Gasteiger partial charge in [-0.3, -0.25) is 4.79 Å². The molecular formula is C18H22N2O3. The van der Waals surface area contributed by atoms with Crippen molar-refractivity contribution in [1.82, 2.24) is 5.32 Å². The van der Waals surface area contributed by atoms with Gasteiger partial charge in [0.2, 0.25) is 5.91 Å². The molecule has 1 amide bonds. The average Bonchev–Trinajstić information content (AvgIpc) is 3.24.